The van der Waals surface area contributed by atoms with Gasteiger partial charge >= 0.3 is 0 Å². The van der Waals surface area contributed by atoms with Crippen LogP contribution >= 0.6 is 0 Å². The predicted octanol–water partition coefficient (Wildman–Crippen LogP) is 5.88. The van der Waals surface area contributed by atoms with Gasteiger partial charge < -0.3 is 4.74 Å². The summed E-state index contributed by atoms with van der Waals surface area (Å²) in [6, 6.07) is 17.6. The molecule has 1 aliphatic rings. The molecular formula is C31H32N4O3. The predicted molar refractivity (Wildman–Crippen MR) is 147 cm³/mol. The number of para-hydroxylation sites is 1. The molecular weight excluding hydrogens is 476 g/mol. The monoisotopic (exact) mass is 508 g/mol. The first-order valence-electron chi connectivity index (χ1n) is 12.7. The van der Waals surface area contributed by atoms with Crippen LogP contribution in [0.2, 0.25) is 0 Å². The molecule has 3 aromatic rings. The standard InChI is InChI=1S/C31H32N4O3/c1-19(2)17-34-30(36)26(22(6)27(16-32)31(34)37)15-24-18-35(25-10-8-7-9-11-25)33-29(24)23-12-13-28(21(5)14-23)38-20(3)4/h7-15,18-20H,17H2,1-6H3/b26-15+. The summed E-state index contributed by atoms with van der Waals surface area (Å²) in [6.07, 6.45) is 3.65. The van der Waals surface area contributed by atoms with E-state index in [0.717, 1.165) is 22.6 Å². The molecule has 0 aliphatic carbocycles. The Morgan fingerprint density at radius 1 is 1.03 bits per heavy atom. The minimum Gasteiger partial charge on any atom is -0.491 e. The fourth-order valence-electron chi connectivity index (χ4n) is 4.43. The van der Waals surface area contributed by atoms with E-state index in [-0.39, 0.29) is 24.1 Å². The number of aromatic nitrogens is 2. The zero-order chi connectivity index (χ0) is 27.6. The average molecular weight is 509 g/mol. The first kappa shape index (κ1) is 26.6. The van der Waals surface area contributed by atoms with Gasteiger partial charge in [-0.2, -0.15) is 10.4 Å². The summed E-state index contributed by atoms with van der Waals surface area (Å²) in [7, 11) is 0. The van der Waals surface area contributed by atoms with Crippen LogP contribution < -0.4 is 4.74 Å². The van der Waals surface area contributed by atoms with E-state index < -0.39 is 11.8 Å². The maximum absolute atomic E-state index is 13.5. The number of carbonyl (C=O) groups excluding carboxylic acids is 2. The van der Waals surface area contributed by atoms with Crippen molar-refractivity contribution >= 4 is 17.9 Å². The lowest BCUT2D eigenvalue weighted by atomic mass is 9.92. The summed E-state index contributed by atoms with van der Waals surface area (Å²) < 4.78 is 7.68. The Hall–Kier alpha value is -4.44. The summed E-state index contributed by atoms with van der Waals surface area (Å²) in [5, 5.41) is 14.6. The molecule has 0 bridgehead atoms. The second-order valence-electron chi connectivity index (χ2n) is 10.1. The second kappa shape index (κ2) is 10.9. The van der Waals surface area contributed by atoms with E-state index in [9.17, 15) is 14.9 Å². The molecule has 0 saturated carbocycles. The third kappa shape index (κ3) is 5.30. The van der Waals surface area contributed by atoms with Crippen LogP contribution in [-0.2, 0) is 9.59 Å². The van der Waals surface area contributed by atoms with E-state index in [1.807, 2.05) is 95.4 Å². The molecule has 4 rings (SSSR count). The van der Waals surface area contributed by atoms with E-state index in [1.54, 1.807) is 17.7 Å². The highest BCUT2D eigenvalue weighted by atomic mass is 16.5. The third-order valence-corrected chi connectivity index (χ3v) is 6.25. The number of aryl methyl sites for hydroxylation is 1. The minimum atomic E-state index is -0.544. The molecule has 1 aromatic heterocycles. The Labute approximate surface area is 223 Å². The lowest BCUT2D eigenvalue weighted by molar-refractivity contribution is -0.141. The molecule has 0 unspecified atom stereocenters. The van der Waals surface area contributed by atoms with Gasteiger partial charge in [0.05, 0.1) is 17.5 Å². The third-order valence-electron chi connectivity index (χ3n) is 6.25. The SMILES string of the molecule is CC1=C(C#N)C(=O)N(CC(C)C)C(=O)/C1=C/c1cn(-c2ccccc2)nc1-c1ccc(OC(C)C)c(C)c1. The van der Waals surface area contributed by atoms with Crippen molar-refractivity contribution in [1.29, 1.82) is 5.26 Å². The number of rotatable bonds is 7. The number of nitrogens with zero attached hydrogens (tertiary/aromatic N) is 4. The number of benzene rings is 2. The molecule has 2 aromatic carbocycles. The van der Waals surface area contributed by atoms with Crippen LogP contribution in [0, 0.1) is 24.2 Å². The Kier molecular flexibility index (Phi) is 7.63. The van der Waals surface area contributed by atoms with Gasteiger partial charge in [0.15, 0.2) is 0 Å². The van der Waals surface area contributed by atoms with E-state index in [4.69, 9.17) is 9.84 Å². The van der Waals surface area contributed by atoms with Gasteiger partial charge in [0.2, 0.25) is 0 Å². The quantitative estimate of drug-likeness (QED) is 0.294. The number of amides is 2. The van der Waals surface area contributed by atoms with E-state index in [0.29, 0.717) is 22.4 Å². The van der Waals surface area contributed by atoms with Crippen LogP contribution in [0.1, 0.15) is 45.7 Å². The van der Waals surface area contributed by atoms with Gasteiger partial charge in [0.25, 0.3) is 11.8 Å². The van der Waals surface area contributed by atoms with Crippen LogP contribution in [0.25, 0.3) is 23.0 Å². The molecule has 194 valence electrons. The molecule has 0 fully saturated rings. The maximum Gasteiger partial charge on any atom is 0.271 e. The normalized spacial score (nSPS) is 15.1. The minimum absolute atomic E-state index is 0.0143. The highest BCUT2D eigenvalue weighted by Gasteiger charge is 2.36. The van der Waals surface area contributed by atoms with Crippen molar-refractivity contribution in [3.63, 3.8) is 0 Å². The topological polar surface area (TPSA) is 88.2 Å². The van der Waals surface area contributed by atoms with Gasteiger partial charge in [-0.25, -0.2) is 4.68 Å². The van der Waals surface area contributed by atoms with Crippen molar-refractivity contribution in [2.24, 2.45) is 5.92 Å². The molecule has 0 radical (unpaired) electrons. The van der Waals surface area contributed by atoms with Gasteiger partial charge in [-0.15, -0.1) is 0 Å². The molecule has 2 amide bonds. The van der Waals surface area contributed by atoms with Gasteiger partial charge in [0.1, 0.15) is 17.4 Å². The zero-order valence-electron chi connectivity index (χ0n) is 22.6. The second-order valence-corrected chi connectivity index (χ2v) is 10.1. The molecule has 2 heterocycles. The van der Waals surface area contributed by atoms with Crippen LogP contribution in [-0.4, -0.2) is 39.1 Å². The summed E-state index contributed by atoms with van der Waals surface area (Å²) in [5.74, 6) is -0.0878. The Bertz CT molecular complexity index is 1490. The molecule has 0 atom stereocenters. The van der Waals surface area contributed by atoms with Crippen molar-refractivity contribution in [3.8, 4) is 28.8 Å². The Morgan fingerprint density at radius 3 is 2.34 bits per heavy atom. The first-order chi connectivity index (χ1) is 18.1. The first-order valence-corrected chi connectivity index (χ1v) is 12.7. The van der Waals surface area contributed by atoms with Gasteiger partial charge in [-0.1, -0.05) is 32.0 Å². The lowest BCUT2D eigenvalue weighted by Crippen LogP contribution is -2.44. The Morgan fingerprint density at radius 2 is 1.74 bits per heavy atom. The molecule has 0 spiro atoms. The van der Waals surface area contributed by atoms with Crippen molar-refractivity contribution in [3.05, 3.63) is 82.6 Å². The summed E-state index contributed by atoms with van der Waals surface area (Å²) in [6.45, 7) is 11.7. The Balaban J connectivity index is 1.90. The smallest absolute Gasteiger partial charge is 0.271 e. The van der Waals surface area contributed by atoms with Gasteiger partial charge in [0, 0.05) is 29.4 Å². The number of hydrogen-bond donors (Lipinski definition) is 0. The molecule has 7 heteroatoms. The fraction of sp³-hybridized carbons (Fsp3) is 0.290. The van der Waals surface area contributed by atoms with E-state index in [1.165, 1.54) is 4.90 Å². The van der Waals surface area contributed by atoms with Crippen LogP contribution in [0.5, 0.6) is 5.75 Å². The summed E-state index contributed by atoms with van der Waals surface area (Å²) in [4.78, 5) is 27.6. The summed E-state index contributed by atoms with van der Waals surface area (Å²) in [5.41, 5.74) is 4.74. The number of imide groups is 1. The van der Waals surface area contributed by atoms with E-state index in [2.05, 4.69) is 0 Å². The highest BCUT2D eigenvalue weighted by molar-refractivity contribution is 6.19. The van der Waals surface area contributed by atoms with Crippen LogP contribution in [0.3, 0.4) is 0 Å². The molecule has 7 nitrogen and oxygen atoms in total. The van der Waals surface area contributed by atoms with Gasteiger partial charge in [-0.05, 0) is 81.2 Å². The maximum atomic E-state index is 13.5. The molecule has 38 heavy (non-hydrogen) atoms. The van der Waals surface area contributed by atoms with Crippen molar-refractivity contribution < 1.29 is 14.3 Å². The highest BCUT2D eigenvalue weighted by Crippen LogP contribution is 2.33. The number of hydrogen-bond acceptors (Lipinski definition) is 5. The molecule has 0 saturated heterocycles. The number of carbonyl (C=O) groups is 2. The van der Waals surface area contributed by atoms with Crippen molar-refractivity contribution in [2.75, 3.05) is 6.54 Å². The number of nitriles is 1. The molecule has 0 N–H and O–H groups in total. The summed E-state index contributed by atoms with van der Waals surface area (Å²) >= 11 is 0. The lowest BCUT2D eigenvalue weighted by Gasteiger charge is -2.28. The number of ether oxygens (including phenoxy) is 1. The largest absolute Gasteiger partial charge is 0.491 e. The van der Waals surface area contributed by atoms with Crippen LogP contribution in [0.4, 0.5) is 0 Å². The average Bonchev–Trinajstić information content (AvgIpc) is 3.30. The van der Waals surface area contributed by atoms with Crippen LogP contribution in [0.15, 0.2) is 71.4 Å². The zero-order valence-corrected chi connectivity index (χ0v) is 22.6. The molecule has 1 aliphatic heterocycles. The van der Waals surface area contributed by atoms with Gasteiger partial charge in [-0.3, -0.25) is 14.5 Å². The fourth-order valence-corrected chi connectivity index (χ4v) is 4.43. The van der Waals surface area contributed by atoms with Crippen molar-refractivity contribution in [1.82, 2.24) is 14.7 Å². The van der Waals surface area contributed by atoms with E-state index >= 15 is 0 Å². The van der Waals surface area contributed by atoms with Crippen molar-refractivity contribution in [2.45, 2.75) is 47.6 Å².